The van der Waals surface area contributed by atoms with Gasteiger partial charge in [-0.25, -0.2) is 4.39 Å². The second-order valence-electron chi connectivity index (χ2n) is 9.09. The molecule has 7 heteroatoms. The van der Waals surface area contributed by atoms with Crippen LogP contribution in [0.2, 0.25) is 0 Å². The number of anilines is 1. The molecular weight excluding hydrogens is 435 g/mol. The highest BCUT2D eigenvalue weighted by Crippen LogP contribution is 2.43. The molecule has 1 saturated heterocycles. The van der Waals surface area contributed by atoms with Crippen molar-refractivity contribution in [1.82, 2.24) is 4.98 Å². The van der Waals surface area contributed by atoms with Crippen molar-refractivity contribution in [3.8, 4) is 5.75 Å². The van der Waals surface area contributed by atoms with Gasteiger partial charge in [-0.05, 0) is 65.6 Å². The number of aliphatic hydroxyl groups excluding tert-OH is 1. The van der Waals surface area contributed by atoms with Crippen LogP contribution in [-0.2, 0) is 15.0 Å². The molecule has 1 fully saturated rings. The van der Waals surface area contributed by atoms with Gasteiger partial charge in [-0.15, -0.1) is 0 Å². The van der Waals surface area contributed by atoms with Crippen molar-refractivity contribution >= 4 is 23.1 Å². The first-order valence-corrected chi connectivity index (χ1v) is 10.8. The molecule has 0 saturated carbocycles. The molecule has 2 aromatic carbocycles. The summed E-state index contributed by atoms with van der Waals surface area (Å²) in [5.41, 5.74) is 1.81. The largest absolute Gasteiger partial charge is 0.507 e. The van der Waals surface area contributed by atoms with Gasteiger partial charge in [0, 0.05) is 29.2 Å². The number of hydrogen-bond acceptors (Lipinski definition) is 5. The molecule has 1 N–H and O–H groups in total. The van der Waals surface area contributed by atoms with E-state index in [-0.39, 0.29) is 16.7 Å². The zero-order chi connectivity index (χ0) is 24.6. The minimum absolute atomic E-state index is 0.0504. The molecule has 0 spiro atoms. The number of aliphatic hydroxyl groups is 1. The minimum Gasteiger partial charge on any atom is -0.507 e. The number of methoxy groups -OCH3 is 1. The van der Waals surface area contributed by atoms with Crippen LogP contribution in [0.5, 0.6) is 5.75 Å². The lowest BCUT2D eigenvalue weighted by Crippen LogP contribution is -2.29. The lowest BCUT2D eigenvalue weighted by molar-refractivity contribution is -0.132. The summed E-state index contributed by atoms with van der Waals surface area (Å²) >= 11 is 0. The molecule has 1 aliphatic heterocycles. The topological polar surface area (TPSA) is 79.7 Å². The molecule has 0 radical (unpaired) electrons. The van der Waals surface area contributed by atoms with Gasteiger partial charge in [0.2, 0.25) is 0 Å². The monoisotopic (exact) mass is 460 g/mol. The maximum atomic E-state index is 13.6. The Morgan fingerprint density at radius 2 is 1.68 bits per heavy atom. The fraction of sp³-hybridized carbons (Fsp3) is 0.222. The van der Waals surface area contributed by atoms with Crippen LogP contribution in [0.25, 0.3) is 5.76 Å². The van der Waals surface area contributed by atoms with E-state index in [4.69, 9.17) is 4.74 Å². The molecule has 1 amide bonds. The standard InChI is InChI=1S/C27H25FN2O4/c1-27(2,3)20-15-17(5-10-21(20)34-4)24(31)22-23(16-11-13-29-14-12-16)30(26(33)25(22)32)19-8-6-18(28)7-9-19/h5-15,23,31H,1-4H3/b24-22-. The molecule has 1 unspecified atom stereocenters. The van der Waals surface area contributed by atoms with Crippen molar-refractivity contribution in [2.45, 2.75) is 32.2 Å². The average molecular weight is 461 g/mol. The van der Waals surface area contributed by atoms with Crippen LogP contribution in [0.15, 0.2) is 72.6 Å². The van der Waals surface area contributed by atoms with E-state index in [1.165, 1.54) is 29.2 Å². The number of rotatable bonds is 4. The summed E-state index contributed by atoms with van der Waals surface area (Å²) in [5.74, 6) is -1.73. The van der Waals surface area contributed by atoms with Crippen LogP contribution in [0.4, 0.5) is 10.1 Å². The Labute approximate surface area is 197 Å². The summed E-state index contributed by atoms with van der Waals surface area (Å²) < 4.78 is 19.0. The van der Waals surface area contributed by atoms with Crippen molar-refractivity contribution in [1.29, 1.82) is 0 Å². The Balaban J connectivity index is 1.94. The lowest BCUT2D eigenvalue weighted by atomic mass is 9.84. The van der Waals surface area contributed by atoms with Crippen molar-refractivity contribution in [3.05, 3.63) is 95.1 Å². The molecule has 0 bridgehead atoms. The van der Waals surface area contributed by atoms with Gasteiger partial charge in [0.15, 0.2) is 0 Å². The SMILES string of the molecule is COc1ccc(/C(O)=C2/C(=O)C(=O)N(c3ccc(F)cc3)C2c2ccncc2)cc1C(C)(C)C. The number of nitrogens with zero attached hydrogens (tertiary/aromatic N) is 2. The zero-order valence-corrected chi connectivity index (χ0v) is 19.4. The third kappa shape index (κ3) is 4.05. The van der Waals surface area contributed by atoms with E-state index >= 15 is 0 Å². The van der Waals surface area contributed by atoms with Crippen molar-refractivity contribution in [3.63, 3.8) is 0 Å². The first-order chi connectivity index (χ1) is 16.1. The Kier molecular flexibility index (Phi) is 5.96. The van der Waals surface area contributed by atoms with E-state index in [0.29, 0.717) is 22.6 Å². The smallest absolute Gasteiger partial charge is 0.300 e. The summed E-state index contributed by atoms with van der Waals surface area (Å²) in [6, 6.07) is 12.9. The highest BCUT2D eigenvalue weighted by molar-refractivity contribution is 6.51. The minimum atomic E-state index is -0.909. The highest BCUT2D eigenvalue weighted by Gasteiger charge is 2.47. The molecule has 3 aromatic rings. The molecule has 2 heterocycles. The van der Waals surface area contributed by atoms with E-state index in [2.05, 4.69) is 4.98 Å². The summed E-state index contributed by atoms with van der Waals surface area (Å²) in [5, 5.41) is 11.4. The second kappa shape index (κ2) is 8.74. The molecule has 34 heavy (non-hydrogen) atoms. The first kappa shape index (κ1) is 23.2. The van der Waals surface area contributed by atoms with Crippen molar-refractivity contribution < 1.29 is 23.8 Å². The van der Waals surface area contributed by atoms with Crippen LogP contribution >= 0.6 is 0 Å². The van der Waals surface area contributed by atoms with Gasteiger partial charge in [-0.3, -0.25) is 19.5 Å². The average Bonchev–Trinajstić information content (AvgIpc) is 3.09. The van der Waals surface area contributed by atoms with Crippen LogP contribution in [-0.4, -0.2) is 28.9 Å². The van der Waals surface area contributed by atoms with Gasteiger partial charge in [-0.2, -0.15) is 0 Å². The predicted molar refractivity (Wildman–Crippen MR) is 127 cm³/mol. The second-order valence-corrected chi connectivity index (χ2v) is 9.09. The molecule has 174 valence electrons. The molecule has 1 atom stereocenters. The number of ketones is 1. The normalized spacial score (nSPS) is 17.8. The van der Waals surface area contributed by atoms with E-state index in [1.54, 1.807) is 49.8 Å². The van der Waals surface area contributed by atoms with E-state index in [0.717, 1.165) is 5.56 Å². The van der Waals surface area contributed by atoms with E-state index in [9.17, 15) is 19.1 Å². The van der Waals surface area contributed by atoms with Crippen LogP contribution < -0.4 is 9.64 Å². The van der Waals surface area contributed by atoms with Crippen molar-refractivity contribution in [2.24, 2.45) is 0 Å². The van der Waals surface area contributed by atoms with Gasteiger partial charge in [0.1, 0.15) is 17.3 Å². The predicted octanol–water partition coefficient (Wildman–Crippen LogP) is 5.15. The number of benzene rings is 2. The third-order valence-electron chi connectivity index (χ3n) is 5.85. The number of Topliss-reactive ketones (excluding diaryl/α,β-unsaturated/α-hetero) is 1. The highest BCUT2D eigenvalue weighted by atomic mass is 19.1. The quantitative estimate of drug-likeness (QED) is 0.331. The van der Waals surface area contributed by atoms with Gasteiger partial charge in [-0.1, -0.05) is 20.8 Å². The number of halogens is 1. The maximum absolute atomic E-state index is 13.6. The number of pyridine rings is 1. The zero-order valence-electron chi connectivity index (χ0n) is 19.4. The van der Waals surface area contributed by atoms with Gasteiger partial charge >= 0.3 is 0 Å². The van der Waals surface area contributed by atoms with Gasteiger partial charge in [0.05, 0.1) is 18.7 Å². The molecule has 1 aliphatic rings. The Hall–Kier alpha value is -4.00. The number of carbonyl (C=O) groups excluding carboxylic acids is 2. The summed E-state index contributed by atoms with van der Waals surface area (Å²) in [6.45, 7) is 6.04. The first-order valence-electron chi connectivity index (χ1n) is 10.8. The fourth-order valence-electron chi connectivity index (χ4n) is 4.16. The van der Waals surface area contributed by atoms with E-state index in [1.807, 2.05) is 20.8 Å². The maximum Gasteiger partial charge on any atom is 0.300 e. The fourth-order valence-corrected chi connectivity index (χ4v) is 4.16. The van der Waals surface area contributed by atoms with Gasteiger partial charge < -0.3 is 9.84 Å². The Morgan fingerprint density at radius 1 is 1.03 bits per heavy atom. The third-order valence-corrected chi connectivity index (χ3v) is 5.85. The van der Waals surface area contributed by atoms with Crippen LogP contribution in [0.1, 0.15) is 43.5 Å². The van der Waals surface area contributed by atoms with Gasteiger partial charge in [0.25, 0.3) is 11.7 Å². The summed E-state index contributed by atoms with van der Waals surface area (Å²) in [6.07, 6.45) is 3.09. The Bertz CT molecular complexity index is 1280. The number of amides is 1. The molecular formula is C27H25FN2O4. The number of hydrogen-bond donors (Lipinski definition) is 1. The number of carbonyl (C=O) groups is 2. The molecule has 1 aromatic heterocycles. The van der Waals surface area contributed by atoms with Crippen LogP contribution in [0.3, 0.4) is 0 Å². The lowest BCUT2D eigenvalue weighted by Gasteiger charge is -2.26. The van der Waals surface area contributed by atoms with E-state index < -0.39 is 23.5 Å². The summed E-state index contributed by atoms with van der Waals surface area (Å²) in [4.78, 5) is 31.7. The molecule has 0 aliphatic carbocycles. The molecule has 4 rings (SSSR count). The Morgan fingerprint density at radius 3 is 2.26 bits per heavy atom. The summed E-state index contributed by atoms with van der Waals surface area (Å²) in [7, 11) is 1.57. The number of aromatic nitrogens is 1. The molecule has 6 nitrogen and oxygen atoms in total. The number of ether oxygens (including phenoxy) is 1. The van der Waals surface area contributed by atoms with Crippen molar-refractivity contribution in [2.75, 3.05) is 12.0 Å². The van der Waals surface area contributed by atoms with Crippen LogP contribution in [0, 0.1) is 5.82 Å².